The zero-order valence-electron chi connectivity index (χ0n) is 11.9. The molecule has 1 rings (SSSR count). The van der Waals surface area contributed by atoms with Gasteiger partial charge in [-0.05, 0) is 18.2 Å². The minimum atomic E-state index is -1.05. The van der Waals surface area contributed by atoms with Crippen molar-refractivity contribution in [3.8, 4) is 0 Å². The number of aliphatic hydroxyl groups is 4. The number of benzene rings is 1. The molecular formula is C14H20N2O6. The van der Waals surface area contributed by atoms with Gasteiger partial charge in [0.15, 0.2) is 0 Å². The van der Waals surface area contributed by atoms with E-state index in [1.807, 2.05) is 0 Å². The number of hydrogen-bond donors (Lipinski definition) is 6. The summed E-state index contributed by atoms with van der Waals surface area (Å²) in [7, 11) is 0. The Hall–Kier alpha value is -2.00. The van der Waals surface area contributed by atoms with Crippen molar-refractivity contribution in [2.45, 2.75) is 12.2 Å². The normalized spacial score (nSPS) is 13.3. The summed E-state index contributed by atoms with van der Waals surface area (Å²) in [5, 5.41) is 40.5. The van der Waals surface area contributed by atoms with Crippen LogP contribution in [0.4, 0.5) is 0 Å². The van der Waals surface area contributed by atoms with Crippen molar-refractivity contribution in [2.75, 3.05) is 26.3 Å². The minimum absolute atomic E-state index is 0.103. The van der Waals surface area contributed by atoms with E-state index < -0.39 is 37.2 Å². The van der Waals surface area contributed by atoms with E-state index in [4.69, 9.17) is 20.4 Å². The molecule has 2 atom stereocenters. The Bertz CT molecular complexity index is 467. The third-order valence-electron chi connectivity index (χ3n) is 2.80. The Morgan fingerprint density at radius 3 is 1.68 bits per heavy atom. The average molecular weight is 312 g/mol. The fourth-order valence-electron chi connectivity index (χ4n) is 1.56. The lowest BCUT2D eigenvalue weighted by Crippen LogP contribution is -2.35. The van der Waals surface area contributed by atoms with E-state index in [9.17, 15) is 9.59 Å². The van der Waals surface area contributed by atoms with Gasteiger partial charge in [0, 0.05) is 24.2 Å². The number of amides is 2. The largest absolute Gasteiger partial charge is 0.394 e. The monoisotopic (exact) mass is 312 g/mol. The minimum Gasteiger partial charge on any atom is -0.394 e. The molecule has 0 aromatic heterocycles. The number of hydrogen-bond acceptors (Lipinski definition) is 6. The summed E-state index contributed by atoms with van der Waals surface area (Å²) in [5.74, 6) is -0.977. The molecule has 0 aliphatic carbocycles. The summed E-state index contributed by atoms with van der Waals surface area (Å²) >= 11 is 0. The second kappa shape index (κ2) is 9.11. The first-order chi connectivity index (χ1) is 10.5. The summed E-state index contributed by atoms with van der Waals surface area (Å²) in [6.45, 7) is -1.13. The topological polar surface area (TPSA) is 139 Å². The molecule has 0 spiro atoms. The third kappa shape index (κ3) is 5.78. The highest BCUT2D eigenvalue weighted by atomic mass is 16.3. The molecule has 0 heterocycles. The number of nitrogens with one attached hydrogen (secondary N) is 2. The van der Waals surface area contributed by atoms with Crippen molar-refractivity contribution in [2.24, 2.45) is 0 Å². The van der Waals surface area contributed by atoms with Gasteiger partial charge in [-0.25, -0.2) is 0 Å². The summed E-state index contributed by atoms with van der Waals surface area (Å²) in [6, 6.07) is 5.89. The van der Waals surface area contributed by atoms with E-state index in [2.05, 4.69) is 10.6 Å². The van der Waals surface area contributed by atoms with Crippen LogP contribution in [0.15, 0.2) is 24.3 Å². The maximum absolute atomic E-state index is 11.8. The van der Waals surface area contributed by atoms with E-state index in [1.54, 1.807) is 0 Å². The van der Waals surface area contributed by atoms with Gasteiger partial charge < -0.3 is 31.1 Å². The fraction of sp³-hybridized carbons (Fsp3) is 0.429. The molecule has 0 bridgehead atoms. The summed E-state index contributed by atoms with van der Waals surface area (Å²) in [6.07, 6.45) is -2.09. The van der Waals surface area contributed by atoms with Crippen LogP contribution in [0.5, 0.6) is 0 Å². The first-order valence-electron chi connectivity index (χ1n) is 6.72. The maximum atomic E-state index is 11.8. The number of rotatable bonds is 8. The van der Waals surface area contributed by atoms with Gasteiger partial charge in [0.2, 0.25) is 0 Å². The molecule has 22 heavy (non-hydrogen) atoms. The van der Waals surface area contributed by atoms with Crippen LogP contribution >= 0.6 is 0 Å². The number of carbonyl (C=O) groups excluding carboxylic acids is 2. The summed E-state index contributed by atoms with van der Waals surface area (Å²) < 4.78 is 0. The van der Waals surface area contributed by atoms with Gasteiger partial charge in [0.05, 0.1) is 25.4 Å². The molecule has 2 unspecified atom stereocenters. The molecule has 0 aliphatic heterocycles. The van der Waals surface area contributed by atoms with Crippen LogP contribution in [-0.2, 0) is 0 Å². The van der Waals surface area contributed by atoms with Crippen LogP contribution < -0.4 is 10.6 Å². The molecule has 0 saturated heterocycles. The second-order valence-electron chi connectivity index (χ2n) is 4.67. The van der Waals surface area contributed by atoms with E-state index in [1.165, 1.54) is 24.3 Å². The zero-order chi connectivity index (χ0) is 16.5. The molecule has 0 fully saturated rings. The molecule has 0 radical (unpaired) electrons. The van der Waals surface area contributed by atoms with Crippen molar-refractivity contribution in [3.05, 3.63) is 35.4 Å². The van der Waals surface area contributed by atoms with Gasteiger partial charge in [0.1, 0.15) is 0 Å². The SMILES string of the molecule is O=C(NCC(O)CO)c1cccc(C(=O)NCC(O)CO)c1. The van der Waals surface area contributed by atoms with Gasteiger partial charge in [-0.2, -0.15) is 0 Å². The predicted molar refractivity (Wildman–Crippen MR) is 77.3 cm³/mol. The summed E-state index contributed by atoms with van der Waals surface area (Å²) in [4.78, 5) is 23.7. The Balaban J connectivity index is 2.64. The molecule has 0 saturated carbocycles. The van der Waals surface area contributed by atoms with Crippen LogP contribution in [-0.4, -0.2) is 70.8 Å². The Kier molecular flexibility index (Phi) is 7.47. The lowest BCUT2D eigenvalue weighted by Gasteiger charge is -2.11. The number of aliphatic hydroxyl groups excluding tert-OH is 4. The fourth-order valence-corrected chi connectivity index (χ4v) is 1.56. The molecule has 1 aromatic rings. The van der Waals surface area contributed by atoms with Crippen LogP contribution in [0.1, 0.15) is 20.7 Å². The smallest absolute Gasteiger partial charge is 0.251 e. The molecule has 8 heteroatoms. The molecule has 0 aliphatic rings. The highest BCUT2D eigenvalue weighted by Gasteiger charge is 2.12. The van der Waals surface area contributed by atoms with Crippen molar-refractivity contribution in [1.29, 1.82) is 0 Å². The Morgan fingerprint density at radius 2 is 1.32 bits per heavy atom. The number of carbonyl (C=O) groups is 2. The zero-order valence-corrected chi connectivity index (χ0v) is 11.9. The van der Waals surface area contributed by atoms with E-state index in [0.717, 1.165) is 0 Å². The Labute approximate surface area is 127 Å². The lowest BCUT2D eigenvalue weighted by atomic mass is 10.1. The summed E-state index contributed by atoms with van der Waals surface area (Å²) in [5.41, 5.74) is 0.445. The van der Waals surface area contributed by atoms with Gasteiger partial charge in [0.25, 0.3) is 11.8 Å². The molecular weight excluding hydrogens is 292 g/mol. The maximum Gasteiger partial charge on any atom is 0.251 e. The molecule has 122 valence electrons. The molecule has 6 N–H and O–H groups in total. The van der Waals surface area contributed by atoms with Crippen LogP contribution in [0.3, 0.4) is 0 Å². The third-order valence-corrected chi connectivity index (χ3v) is 2.80. The van der Waals surface area contributed by atoms with Gasteiger partial charge in [-0.1, -0.05) is 6.07 Å². The highest BCUT2D eigenvalue weighted by Crippen LogP contribution is 2.05. The van der Waals surface area contributed by atoms with Crippen molar-refractivity contribution >= 4 is 11.8 Å². The van der Waals surface area contributed by atoms with Crippen molar-refractivity contribution in [3.63, 3.8) is 0 Å². The van der Waals surface area contributed by atoms with Crippen molar-refractivity contribution < 1.29 is 30.0 Å². The van der Waals surface area contributed by atoms with Gasteiger partial charge >= 0.3 is 0 Å². The first-order valence-corrected chi connectivity index (χ1v) is 6.72. The van der Waals surface area contributed by atoms with Crippen molar-refractivity contribution in [1.82, 2.24) is 10.6 Å². The second-order valence-corrected chi connectivity index (χ2v) is 4.67. The predicted octanol–water partition coefficient (Wildman–Crippen LogP) is -2.15. The van der Waals surface area contributed by atoms with Gasteiger partial charge in [-0.3, -0.25) is 9.59 Å². The van der Waals surface area contributed by atoms with E-state index in [-0.39, 0.29) is 24.2 Å². The average Bonchev–Trinajstić information content (AvgIpc) is 2.56. The van der Waals surface area contributed by atoms with E-state index >= 15 is 0 Å². The standard InChI is InChI=1S/C14H20N2O6/c17-7-11(19)5-15-13(21)9-2-1-3-10(4-9)14(22)16-6-12(20)8-18/h1-4,11-12,17-20H,5-8H2,(H,15,21)(H,16,22). The van der Waals surface area contributed by atoms with Crippen LogP contribution in [0, 0.1) is 0 Å². The molecule has 8 nitrogen and oxygen atoms in total. The van der Waals surface area contributed by atoms with Gasteiger partial charge in [-0.15, -0.1) is 0 Å². The first kappa shape index (κ1) is 18.1. The quantitative estimate of drug-likeness (QED) is 0.324. The Morgan fingerprint density at radius 1 is 0.909 bits per heavy atom. The highest BCUT2D eigenvalue weighted by molar-refractivity contribution is 5.99. The van der Waals surface area contributed by atoms with Crippen LogP contribution in [0.2, 0.25) is 0 Å². The van der Waals surface area contributed by atoms with Crippen LogP contribution in [0.25, 0.3) is 0 Å². The molecule has 1 aromatic carbocycles. The molecule has 2 amide bonds. The lowest BCUT2D eigenvalue weighted by molar-refractivity contribution is 0.0800. The van der Waals surface area contributed by atoms with E-state index in [0.29, 0.717) is 0 Å².